The third kappa shape index (κ3) is 10.5. The minimum atomic E-state index is -0.250. The molecule has 0 spiro atoms. The maximum atomic E-state index is 7.35. The van der Waals surface area contributed by atoms with E-state index in [1.165, 1.54) is 36.6 Å². The number of halogens is 1. The number of hydrogen-bond acceptors (Lipinski definition) is 9. The minimum absolute atomic E-state index is 0.00856. The van der Waals surface area contributed by atoms with Crippen molar-refractivity contribution in [1.29, 1.82) is 0 Å². The van der Waals surface area contributed by atoms with E-state index in [1.54, 1.807) is 13.3 Å². The topological polar surface area (TPSA) is 170 Å². The predicted octanol–water partition coefficient (Wildman–Crippen LogP) is 7.06. The summed E-state index contributed by atoms with van der Waals surface area (Å²) in [5.41, 5.74) is 24.4. The van der Waals surface area contributed by atoms with Gasteiger partial charge in [-0.15, -0.1) is 0 Å². The van der Waals surface area contributed by atoms with Crippen molar-refractivity contribution in [1.82, 2.24) is 14.4 Å². The van der Waals surface area contributed by atoms with Crippen molar-refractivity contribution >= 4 is 29.2 Å². The zero-order valence-corrected chi connectivity index (χ0v) is 32.3. The Kier molecular flexibility index (Phi) is 17.3. The van der Waals surface area contributed by atoms with E-state index in [4.69, 9.17) is 42.3 Å². The van der Waals surface area contributed by atoms with Crippen LogP contribution in [0, 0.1) is 12.8 Å². The number of aliphatic hydroxyl groups is 2. The lowest BCUT2D eigenvalue weighted by Crippen LogP contribution is -2.20. The second-order valence-corrected chi connectivity index (χ2v) is 13.0. The molecule has 4 aromatic rings. The van der Waals surface area contributed by atoms with Crippen LogP contribution in [0.4, 0.5) is 5.69 Å². The quantitative estimate of drug-likeness (QED) is 0.0662. The molecule has 50 heavy (non-hydrogen) atoms. The average Bonchev–Trinajstić information content (AvgIpc) is 4.09. The molecule has 2 aliphatic rings. The molecule has 11 heteroatoms. The molecule has 3 aromatic heterocycles. The number of nitrogens with two attached hydrogens (primary N) is 3. The summed E-state index contributed by atoms with van der Waals surface area (Å²) in [5, 5.41) is 15.0. The summed E-state index contributed by atoms with van der Waals surface area (Å²) in [4.78, 5) is 14.6. The second kappa shape index (κ2) is 20.3. The van der Waals surface area contributed by atoms with E-state index in [1.807, 2.05) is 36.9 Å². The molecule has 2 aliphatic carbocycles. The van der Waals surface area contributed by atoms with E-state index in [0.29, 0.717) is 28.4 Å². The molecular weight excluding hydrogens is 650 g/mol. The third-order valence-electron chi connectivity index (χ3n) is 9.12. The van der Waals surface area contributed by atoms with Gasteiger partial charge in [0.1, 0.15) is 5.75 Å². The van der Waals surface area contributed by atoms with Crippen LogP contribution in [-0.2, 0) is 11.8 Å². The van der Waals surface area contributed by atoms with Gasteiger partial charge in [0.05, 0.1) is 36.3 Å². The fraction of sp³-hybridized carbons (Fsp3) is 0.513. The Bertz CT molecular complexity index is 1660. The van der Waals surface area contributed by atoms with Gasteiger partial charge >= 0.3 is 0 Å². The Morgan fingerprint density at radius 2 is 1.76 bits per heavy atom. The number of rotatable bonds is 10. The number of ether oxygens (including phenoxy) is 1. The van der Waals surface area contributed by atoms with E-state index in [-0.39, 0.29) is 18.1 Å². The first-order valence-corrected chi connectivity index (χ1v) is 18.0. The fourth-order valence-corrected chi connectivity index (χ4v) is 6.18. The monoisotopic (exact) mass is 709 g/mol. The molecule has 8 N–H and O–H groups in total. The molecule has 2 fully saturated rings. The molecular formula is C39H60ClN7O3. The van der Waals surface area contributed by atoms with Crippen LogP contribution in [0.2, 0.25) is 5.02 Å². The number of nitrogens with zero attached hydrogens (tertiary/aromatic N) is 4. The van der Waals surface area contributed by atoms with Gasteiger partial charge in [-0.05, 0) is 105 Å². The van der Waals surface area contributed by atoms with E-state index >= 15 is 0 Å². The standard InChI is InChI=1S/C34H40ClN5O.C2H6.CH5NO.CH5N.CH4O/c1-6-34(3,4)27-18-28(39-32(20(27)2)25-11-13-40-14-12-37-33(40)30(25)35)26(22-7-8-22)16-21-15-23(19-38-24-9-10-24)31(36)29(17-21)41-5;1-2;2-1-3;2*1-2/h11-15,17-19,22,24,26H,6-10,16,36H2,1-5H3;1-2H3;3H,1-2H2;2H2,1H3;2H,1H3. The zero-order valence-electron chi connectivity index (χ0n) is 31.5. The first kappa shape index (κ1) is 42.6. The van der Waals surface area contributed by atoms with Gasteiger partial charge in [-0.3, -0.25) is 9.98 Å². The highest BCUT2D eigenvalue weighted by Gasteiger charge is 2.35. The van der Waals surface area contributed by atoms with Crippen molar-refractivity contribution in [3.63, 3.8) is 0 Å². The maximum absolute atomic E-state index is 7.35. The van der Waals surface area contributed by atoms with Gasteiger partial charge in [-0.2, -0.15) is 0 Å². The molecule has 0 saturated heterocycles. The lowest BCUT2D eigenvalue weighted by molar-refractivity contribution is 0.307. The van der Waals surface area contributed by atoms with Crippen molar-refractivity contribution in [2.75, 3.05) is 33.7 Å². The number of nitrogen functional groups attached to an aromatic ring is 1. The smallest absolute Gasteiger partial charge is 0.156 e. The summed E-state index contributed by atoms with van der Waals surface area (Å²) in [6, 6.07) is 9.16. The summed E-state index contributed by atoms with van der Waals surface area (Å²) >= 11 is 6.99. The Morgan fingerprint density at radius 1 is 1.12 bits per heavy atom. The first-order chi connectivity index (χ1) is 24.1. The number of pyridine rings is 2. The summed E-state index contributed by atoms with van der Waals surface area (Å²) < 4.78 is 7.65. The molecule has 0 bridgehead atoms. The van der Waals surface area contributed by atoms with Crippen LogP contribution in [0.5, 0.6) is 5.75 Å². The van der Waals surface area contributed by atoms with Gasteiger partial charge in [0.15, 0.2) is 5.65 Å². The lowest BCUT2D eigenvalue weighted by Gasteiger charge is -2.29. The molecule has 10 nitrogen and oxygen atoms in total. The predicted molar refractivity (Wildman–Crippen MR) is 210 cm³/mol. The highest BCUT2D eigenvalue weighted by Crippen LogP contribution is 2.47. The summed E-state index contributed by atoms with van der Waals surface area (Å²) in [6.45, 7) is 12.8. The van der Waals surface area contributed by atoms with Gasteiger partial charge in [-0.25, -0.2) is 4.98 Å². The van der Waals surface area contributed by atoms with Crippen LogP contribution >= 0.6 is 11.6 Å². The Labute approximate surface area is 304 Å². The van der Waals surface area contributed by atoms with Gasteiger partial charge in [0.25, 0.3) is 0 Å². The number of imidazole rings is 1. The van der Waals surface area contributed by atoms with Crippen LogP contribution in [0.25, 0.3) is 16.9 Å². The van der Waals surface area contributed by atoms with Gasteiger partial charge in [-0.1, -0.05) is 46.2 Å². The molecule has 1 unspecified atom stereocenters. The molecule has 2 saturated carbocycles. The van der Waals surface area contributed by atoms with Crippen LogP contribution in [0.1, 0.15) is 101 Å². The fourth-order valence-electron chi connectivity index (χ4n) is 5.88. The number of methoxy groups -OCH3 is 1. The summed E-state index contributed by atoms with van der Waals surface area (Å²) in [7, 11) is 4.18. The average molecular weight is 710 g/mol. The van der Waals surface area contributed by atoms with Crippen molar-refractivity contribution in [3.05, 3.63) is 75.8 Å². The van der Waals surface area contributed by atoms with E-state index in [0.717, 1.165) is 61.0 Å². The Hall–Kier alpha value is -3.54. The largest absolute Gasteiger partial charge is 0.495 e. The zero-order chi connectivity index (χ0) is 37.6. The van der Waals surface area contributed by atoms with Crippen LogP contribution in [0.15, 0.2) is 47.8 Å². The normalized spacial score (nSPS) is 14.3. The number of aliphatic imine (C=N–C) groups is 1. The van der Waals surface area contributed by atoms with Crippen molar-refractivity contribution in [2.24, 2.45) is 22.4 Å². The van der Waals surface area contributed by atoms with Gasteiger partial charge < -0.3 is 36.6 Å². The lowest BCUT2D eigenvalue weighted by atomic mass is 9.77. The van der Waals surface area contributed by atoms with Crippen molar-refractivity contribution < 1.29 is 14.9 Å². The highest BCUT2D eigenvalue weighted by atomic mass is 35.5. The molecule has 0 amide bonds. The van der Waals surface area contributed by atoms with Gasteiger partial charge in [0.2, 0.25) is 0 Å². The van der Waals surface area contributed by atoms with Crippen LogP contribution in [0.3, 0.4) is 0 Å². The molecule has 0 radical (unpaired) electrons. The third-order valence-corrected chi connectivity index (χ3v) is 9.49. The van der Waals surface area contributed by atoms with E-state index in [2.05, 4.69) is 68.4 Å². The SMILES string of the molecule is CC.CCC(C)(C)c1cc(C(Cc2cc(C=NC3CC3)c(N)c(OC)c2)C2CC2)nc(-c2ccn3ccnc3c2Cl)c1C.CN.CO.NCO. The molecule has 0 aliphatic heterocycles. The first-order valence-electron chi connectivity index (χ1n) is 17.6. The van der Waals surface area contributed by atoms with Crippen LogP contribution < -0.4 is 21.9 Å². The van der Waals surface area contributed by atoms with Crippen molar-refractivity contribution in [3.8, 4) is 17.0 Å². The molecule has 1 atom stereocenters. The van der Waals surface area contributed by atoms with Crippen LogP contribution in [-0.4, -0.2) is 64.8 Å². The Morgan fingerprint density at radius 3 is 2.32 bits per heavy atom. The summed E-state index contributed by atoms with van der Waals surface area (Å²) in [6.07, 6.45) is 14.3. The number of fused-ring (bicyclic) bond motifs is 1. The highest BCUT2D eigenvalue weighted by molar-refractivity contribution is 6.36. The van der Waals surface area contributed by atoms with Crippen molar-refractivity contribution in [2.45, 2.75) is 97.4 Å². The number of anilines is 1. The maximum Gasteiger partial charge on any atom is 0.156 e. The number of benzene rings is 1. The summed E-state index contributed by atoms with van der Waals surface area (Å²) in [5.74, 6) is 1.57. The molecule has 6 rings (SSSR count). The van der Waals surface area contributed by atoms with E-state index in [9.17, 15) is 0 Å². The minimum Gasteiger partial charge on any atom is -0.495 e. The number of hydrogen-bond donors (Lipinski definition) is 5. The van der Waals surface area contributed by atoms with E-state index < -0.39 is 0 Å². The molecule has 276 valence electrons. The number of aromatic nitrogens is 3. The Balaban J connectivity index is 0.000000887. The number of aliphatic hydroxyl groups excluding tert-OH is 2. The molecule has 1 aromatic carbocycles. The molecule has 3 heterocycles. The van der Waals surface area contributed by atoms with Gasteiger partial charge in [0, 0.05) is 54.7 Å². The second-order valence-electron chi connectivity index (χ2n) is 12.6.